The van der Waals surface area contributed by atoms with Gasteiger partial charge in [0.15, 0.2) is 5.82 Å². The minimum atomic E-state index is -4.52. The van der Waals surface area contributed by atoms with Crippen molar-refractivity contribution in [1.82, 2.24) is 14.7 Å². The number of carbonyl (C=O) groups is 2. The van der Waals surface area contributed by atoms with Crippen LogP contribution in [0.3, 0.4) is 0 Å². The van der Waals surface area contributed by atoms with Crippen LogP contribution in [0, 0.1) is 5.92 Å². The number of halogens is 3. The van der Waals surface area contributed by atoms with Crippen LogP contribution in [0.1, 0.15) is 57.9 Å². The summed E-state index contributed by atoms with van der Waals surface area (Å²) < 4.78 is 46.4. The van der Waals surface area contributed by atoms with Crippen LogP contribution in [0.4, 0.5) is 19.0 Å². The van der Waals surface area contributed by atoms with Gasteiger partial charge in [0, 0.05) is 18.3 Å². The first kappa shape index (κ1) is 27.7. The van der Waals surface area contributed by atoms with E-state index in [2.05, 4.69) is 10.4 Å². The van der Waals surface area contributed by atoms with Crippen molar-refractivity contribution in [3.63, 3.8) is 0 Å². The molecule has 2 N–H and O–H groups in total. The van der Waals surface area contributed by atoms with Crippen molar-refractivity contribution in [1.29, 1.82) is 0 Å². The number of rotatable bonds is 9. The van der Waals surface area contributed by atoms with E-state index in [1.807, 2.05) is 0 Å². The first-order chi connectivity index (χ1) is 17.9. The van der Waals surface area contributed by atoms with Gasteiger partial charge in [0.05, 0.1) is 24.3 Å². The number of aliphatic hydroxyl groups is 1. The zero-order valence-electron chi connectivity index (χ0n) is 21.5. The topological polar surface area (TPSA) is 96.7 Å². The summed E-state index contributed by atoms with van der Waals surface area (Å²) in [6.07, 6.45) is 4.02. The van der Waals surface area contributed by atoms with Crippen LogP contribution in [0.15, 0.2) is 48.4 Å². The van der Waals surface area contributed by atoms with Gasteiger partial charge >= 0.3 is 6.18 Å². The van der Waals surface area contributed by atoms with Crippen LogP contribution in [0.25, 0.3) is 0 Å². The Morgan fingerprint density at radius 2 is 1.95 bits per heavy atom. The van der Waals surface area contributed by atoms with Gasteiger partial charge in [0.25, 0.3) is 5.91 Å². The first-order valence-corrected chi connectivity index (χ1v) is 12.8. The number of hydrogen-bond donors (Lipinski definition) is 2. The largest absolute Gasteiger partial charge is 0.460 e. The fourth-order valence-corrected chi connectivity index (χ4v) is 4.96. The molecule has 1 aliphatic heterocycles. The highest BCUT2D eigenvalue weighted by Crippen LogP contribution is 2.33. The highest BCUT2D eigenvalue weighted by Gasteiger charge is 2.37. The molecule has 2 amide bonds. The second-order valence-electron chi connectivity index (χ2n) is 10.7. The van der Waals surface area contributed by atoms with E-state index >= 15 is 0 Å². The number of alkyl halides is 3. The summed E-state index contributed by atoms with van der Waals surface area (Å²) in [6, 6.07) is 5.27. The summed E-state index contributed by atoms with van der Waals surface area (Å²) in [6.45, 7) is 3.50. The van der Waals surface area contributed by atoms with Gasteiger partial charge in [0.2, 0.25) is 5.91 Å². The summed E-state index contributed by atoms with van der Waals surface area (Å²) in [5.74, 6) is -0.125. The minimum absolute atomic E-state index is 0.0347. The zero-order chi connectivity index (χ0) is 27.5. The lowest BCUT2D eigenvalue weighted by molar-refractivity contribution is -0.137. The second kappa shape index (κ2) is 11.2. The fourth-order valence-electron chi connectivity index (χ4n) is 4.96. The monoisotopic (exact) mass is 534 g/mol. The van der Waals surface area contributed by atoms with Crippen molar-refractivity contribution in [2.75, 3.05) is 11.9 Å². The van der Waals surface area contributed by atoms with E-state index in [4.69, 9.17) is 4.74 Å². The number of hydrogen-bond acceptors (Lipinski definition) is 5. The van der Waals surface area contributed by atoms with E-state index < -0.39 is 35.2 Å². The Labute approximate surface area is 219 Å². The van der Waals surface area contributed by atoms with Crippen molar-refractivity contribution in [2.24, 2.45) is 5.92 Å². The molecule has 1 saturated carbocycles. The third kappa shape index (κ3) is 7.37. The molecule has 1 aromatic carbocycles. The zero-order valence-corrected chi connectivity index (χ0v) is 21.5. The quantitative estimate of drug-likeness (QED) is 0.484. The smallest absolute Gasteiger partial charge is 0.416 e. The summed E-state index contributed by atoms with van der Waals surface area (Å²) in [5, 5.41) is 17.1. The maximum Gasteiger partial charge on any atom is 0.416 e. The number of carbonyl (C=O) groups excluding carboxylic acids is 2. The Bertz CT molecular complexity index is 1180. The maximum atomic E-state index is 13.4. The third-order valence-electron chi connectivity index (χ3n) is 6.71. The molecule has 0 spiro atoms. The molecule has 38 heavy (non-hydrogen) atoms. The summed E-state index contributed by atoms with van der Waals surface area (Å²) in [5.41, 5.74) is -1.84. The van der Waals surface area contributed by atoms with Crippen LogP contribution >= 0.6 is 0 Å². The Morgan fingerprint density at radius 1 is 1.21 bits per heavy atom. The number of ether oxygens (including phenoxy) is 1. The van der Waals surface area contributed by atoms with Gasteiger partial charge in [0.1, 0.15) is 17.6 Å². The van der Waals surface area contributed by atoms with E-state index in [1.165, 1.54) is 27.8 Å². The lowest BCUT2D eigenvalue weighted by Gasteiger charge is -2.31. The third-order valence-corrected chi connectivity index (χ3v) is 6.71. The number of nitrogens with zero attached hydrogens (tertiary/aromatic N) is 3. The average Bonchev–Trinajstić information content (AvgIpc) is 3.41. The number of amides is 2. The number of aromatic nitrogens is 2. The Morgan fingerprint density at radius 3 is 2.63 bits per heavy atom. The molecule has 1 unspecified atom stereocenters. The molecule has 0 saturated heterocycles. The molecular weight excluding hydrogens is 501 g/mol. The van der Waals surface area contributed by atoms with Crippen molar-refractivity contribution in [2.45, 2.75) is 76.7 Å². The van der Waals surface area contributed by atoms with Gasteiger partial charge in [-0.25, -0.2) is 0 Å². The number of nitrogens with one attached hydrogen (secondary N) is 1. The molecule has 1 fully saturated rings. The molecule has 1 aromatic heterocycles. The van der Waals surface area contributed by atoms with Crippen molar-refractivity contribution >= 4 is 17.6 Å². The fraction of sp³-hybridized carbons (Fsp3) is 0.519. The summed E-state index contributed by atoms with van der Waals surface area (Å²) in [4.78, 5) is 27.8. The van der Waals surface area contributed by atoms with Gasteiger partial charge in [-0.1, -0.05) is 38.2 Å². The number of benzene rings is 1. The lowest BCUT2D eigenvalue weighted by atomic mass is 9.84. The van der Waals surface area contributed by atoms with Gasteiger partial charge in [-0.15, -0.1) is 0 Å². The molecular formula is C27H33F3N4O4. The van der Waals surface area contributed by atoms with E-state index in [1.54, 1.807) is 26.1 Å². The normalized spacial score (nSPS) is 17.9. The van der Waals surface area contributed by atoms with Crippen LogP contribution < -0.4 is 10.1 Å². The van der Waals surface area contributed by atoms with Gasteiger partial charge in [-0.3, -0.25) is 14.3 Å². The summed E-state index contributed by atoms with van der Waals surface area (Å²) in [7, 11) is 0. The molecule has 2 aliphatic rings. The molecule has 4 rings (SSSR count). The second-order valence-corrected chi connectivity index (χ2v) is 10.7. The van der Waals surface area contributed by atoms with Gasteiger partial charge < -0.3 is 20.1 Å². The standard InChI is InChI=1S/C27H33F3N4O4/c1-26(2,37)17-33-12-11-23(32-33)31-25(36)22(13-18-7-4-3-5-8-18)34-16-21(15-24(34)35)38-20-10-6-9-19(14-20)27(28,29)30/h6,9-12,14-15,18,22,37H,3-5,7-8,13,16-17H2,1-2H3,(H,31,32,36). The SMILES string of the molecule is CC(C)(O)Cn1ccc(NC(=O)C(CC2CCCCC2)N2CC(Oc3cccc(C(F)(F)F)c3)=CC2=O)n1. The van der Waals surface area contributed by atoms with Crippen molar-refractivity contribution in [3.05, 3.63) is 53.9 Å². The maximum absolute atomic E-state index is 13.4. The molecule has 1 aliphatic carbocycles. The van der Waals surface area contributed by atoms with Gasteiger partial charge in [-0.2, -0.15) is 18.3 Å². The Hall–Kier alpha value is -3.34. The van der Waals surface area contributed by atoms with Crippen LogP contribution in [0.2, 0.25) is 0 Å². The molecule has 206 valence electrons. The molecule has 0 radical (unpaired) electrons. The molecule has 0 bridgehead atoms. The molecule has 2 heterocycles. The van der Waals surface area contributed by atoms with E-state index in [-0.39, 0.29) is 30.5 Å². The molecule has 8 nitrogen and oxygen atoms in total. The van der Waals surface area contributed by atoms with Crippen molar-refractivity contribution < 1.29 is 32.6 Å². The van der Waals surface area contributed by atoms with Gasteiger partial charge in [-0.05, 0) is 44.4 Å². The average molecular weight is 535 g/mol. The Kier molecular flexibility index (Phi) is 8.15. The predicted octanol–water partition coefficient (Wildman–Crippen LogP) is 4.76. The van der Waals surface area contributed by atoms with E-state index in [0.29, 0.717) is 12.2 Å². The predicted molar refractivity (Wildman–Crippen MR) is 134 cm³/mol. The van der Waals surface area contributed by atoms with E-state index in [0.717, 1.165) is 44.2 Å². The number of anilines is 1. The highest BCUT2D eigenvalue weighted by molar-refractivity contribution is 5.99. The Balaban J connectivity index is 1.48. The van der Waals surface area contributed by atoms with E-state index in [9.17, 15) is 27.9 Å². The van der Waals surface area contributed by atoms with Crippen LogP contribution in [-0.2, 0) is 22.3 Å². The molecule has 2 aromatic rings. The van der Waals surface area contributed by atoms with Crippen LogP contribution in [-0.4, -0.2) is 49.8 Å². The van der Waals surface area contributed by atoms with Crippen molar-refractivity contribution in [3.8, 4) is 5.75 Å². The molecule has 11 heteroatoms. The first-order valence-electron chi connectivity index (χ1n) is 12.8. The minimum Gasteiger partial charge on any atom is -0.460 e. The van der Waals surface area contributed by atoms with Crippen LogP contribution in [0.5, 0.6) is 5.75 Å². The lowest BCUT2D eigenvalue weighted by Crippen LogP contribution is -2.46. The molecule has 1 atom stereocenters. The summed E-state index contributed by atoms with van der Waals surface area (Å²) >= 11 is 0. The highest BCUT2D eigenvalue weighted by atomic mass is 19.4.